The van der Waals surface area contributed by atoms with Crippen molar-refractivity contribution in [2.24, 2.45) is 0 Å². The molecule has 0 spiro atoms. The summed E-state index contributed by atoms with van der Waals surface area (Å²) in [6.45, 7) is 15.9. The van der Waals surface area contributed by atoms with Crippen molar-refractivity contribution in [1.82, 2.24) is 5.32 Å². The average molecular weight is 460 g/mol. The van der Waals surface area contributed by atoms with Crippen molar-refractivity contribution in [3.05, 3.63) is 35.9 Å². The minimum Gasteiger partial charge on any atom is -0.444 e. The normalized spacial score (nSPS) is 15.4. The zero-order valence-corrected chi connectivity index (χ0v) is 21.4. The topological polar surface area (TPSA) is 90.9 Å². The third-order valence-electron chi connectivity index (χ3n) is 4.90. The number of benzene rings is 1. The van der Waals surface area contributed by atoms with E-state index in [1.54, 1.807) is 45.0 Å². The van der Waals surface area contributed by atoms with Gasteiger partial charge in [0.25, 0.3) is 10.1 Å². The maximum atomic E-state index is 12.5. The average Bonchev–Trinajstić information content (AvgIpc) is 2.54. The Morgan fingerprint density at radius 2 is 1.60 bits per heavy atom. The molecule has 0 aliphatic heterocycles. The van der Waals surface area contributed by atoms with E-state index in [4.69, 9.17) is 13.3 Å². The lowest BCUT2D eigenvalue weighted by Gasteiger charge is -2.38. The molecule has 1 N–H and O–H groups in total. The fourth-order valence-electron chi connectivity index (χ4n) is 2.36. The molecule has 0 fully saturated rings. The van der Waals surface area contributed by atoms with Crippen LogP contribution in [-0.2, 0) is 23.5 Å². The standard InChI is InChI=1S/C21H37NO6SSi/c1-20(2,3)27-19(23)22-17(15-26-30(8,9)21(4,5)6)18(28-29(7,24)25)16-13-11-10-12-14-16/h10-14,17-18H,15H2,1-9H3,(H,22,23)/t17-,18-/m1/s1. The minimum absolute atomic E-state index is 0.0522. The third-order valence-corrected chi connectivity index (χ3v) is 9.96. The number of alkyl carbamates (subject to hydrolysis) is 1. The Balaban J connectivity index is 3.27. The first-order valence-electron chi connectivity index (χ1n) is 9.98. The van der Waals surface area contributed by atoms with Crippen LogP contribution in [0.3, 0.4) is 0 Å². The van der Waals surface area contributed by atoms with Crippen molar-refractivity contribution in [1.29, 1.82) is 0 Å². The van der Waals surface area contributed by atoms with E-state index < -0.39 is 42.3 Å². The number of carbonyl (C=O) groups excluding carboxylic acids is 1. The molecule has 0 aliphatic carbocycles. The number of carbonyl (C=O) groups is 1. The van der Waals surface area contributed by atoms with E-state index in [1.165, 1.54) is 0 Å². The van der Waals surface area contributed by atoms with Crippen LogP contribution in [0.5, 0.6) is 0 Å². The van der Waals surface area contributed by atoms with Gasteiger partial charge in [0, 0.05) is 0 Å². The Morgan fingerprint density at radius 1 is 1.07 bits per heavy atom. The lowest BCUT2D eigenvalue weighted by Crippen LogP contribution is -2.50. The van der Waals surface area contributed by atoms with Crippen molar-refractivity contribution in [2.45, 2.75) is 77.4 Å². The molecule has 9 heteroatoms. The van der Waals surface area contributed by atoms with E-state index in [9.17, 15) is 13.2 Å². The van der Waals surface area contributed by atoms with E-state index in [-0.39, 0.29) is 11.6 Å². The van der Waals surface area contributed by atoms with Gasteiger partial charge in [0.15, 0.2) is 8.32 Å². The van der Waals surface area contributed by atoms with Crippen LogP contribution in [0, 0.1) is 0 Å². The Kier molecular flexibility index (Phi) is 8.70. The van der Waals surface area contributed by atoms with Crippen molar-refractivity contribution < 1.29 is 26.6 Å². The molecule has 1 rings (SSSR count). The number of hydrogen-bond donors (Lipinski definition) is 1. The molecule has 0 saturated heterocycles. The van der Waals surface area contributed by atoms with Crippen LogP contribution < -0.4 is 5.32 Å². The number of amides is 1. The van der Waals surface area contributed by atoms with Crippen LogP contribution in [0.25, 0.3) is 0 Å². The smallest absolute Gasteiger partial charge is 0.408 e. The Hall–Kier alpha value is -1.42. The first-order valence-corrected chi connectivity index (χ1v) is 14.7. The number of hydrogen-bond acceptors (Lipinski definition) is 6. The van der Waals surface area contributed by atoms with Gasteiger partial charge < -0.3 is 14.5 Å². The van der Waals surface area contributed by atoms with Crippen LogP contribution in [-0.4, -0.2) is 47.3 Å². The van der Waals surface area contributed by atoms with Gasteiger partial charge in [-0.15, -0.1) is 0 Å². The summed E-state index contributed by atoms with van der Waals surface area (Å²) in [6.07, 6.45) is -0.634. The number of ether oxygens (including phenoxy) is 1. The highest BCUT2D eigenvalue weighted by atomic mass is 32.2. The number of nitrogens with one attached hydrogen (secondary N) is 1. The Morgan fingerprint density at radius 3 is 2.03 bits per heavy atom. The summed E-state index contributed by atoms with van der Waals surface area (Å²) in [7, 11) is -5.97. The Bertz CT molecular complexity index is 797. The molecule has 7 nitrogen and oxygen atoms in total. The molecule has 0 radical (unpaired) electrons. The van der Waals surface area contributed by atoms with Crippen LogP contribution in [0.15, 0.2) is 30.3 Å². The summed E-state index contributed by atoms with van der Waals surface area (Å²) in [4.78, 5) is 12.5. The highest BCUT2D eigenvalue weighted by molar-refractivity contribution is 7.86. The largest absolute Gasteiger partial charge is 0.444 e. The lowest BCUT2D eigenvalue weighted by atomic mass is 10.0. The van der Waals surface area contributed by atoms with Gasteiger partial charge in [-0.25, -0.2) is 4.79 Å². The summed E-state index contributed by atoms with van der Waals surface area (Å²) in [5.41, 5.74) is -0.0858. The predicted octanol–water partition coefficient (Wildman–Crippen LogP) is 4.62. The summed E-state index contributed by atoms with van der Waals surface area (Å²) < 4.78 is 41.1. The van der Waals surface area contributed by atoms with Gasteiger partial charge in [0.1, 0.15) is 11.7 Å². The molecule has 1 amide bonds. The quantitative estimate of drug-likeness (QED) is 0.451. The molecular formula is C21H37NO6SSi. The van der Waals surface area contributed by atoms with Gasteiger partial charge in [0.2, 0.25) is 0 Å². The van der Waals surface area contributed by atoms with Gasteiger partial charge in [-0.2, -0.15) is 8.42 Å². The molecule has 0 heterocycles. The van der Waals surface area contributed by atoms with Crippen molar-refractivity contribution in [3.63, 3.8) is 0 Å². The highest BCUT2D eigenvalue weighted by Gasteiger charge is 2.39. The predicted molar refractivity (Wildman–Crippen MR) is 121 cm³/mol. The van der Waals surface area contributed by atoms with Crippen molar-refractivity contribution >= 4 is 24.5 Å². The SMILES string of the molecule is CC(C)(C)OC(=O)N[C@H](CO[Si](C)(C)C(C)(C)C)[C@H](OS(C)(=O)=O)c1ccccc1. The first-order chi connectivity index (χ1) is 13.4. The van der Waals surface area contributed by atoms with E-state index >= 15 is 0 Å². The minimum atomic E-state index is -3.81. The maximum Gasteiger partial charge on any atom is 0.408 e. The van der Waals surface area contributed by atoms with Gasteiger partial charge >= 0.3 is 6.09 Å². The molecule has 172 valence electrons. The fourth-order valence-corrected chi connectivity index (χ4v) is 4.02. The van der Waals surface area contributed by atoms with Crippen LogP contribution in [0.2, 0.25) is 18.1 Å². The summed E-state index contributed by atoms with van der Waals surface area (Å²) in [5.74, 6) is 0. The second-order valence-corrected chi connectivity index (χ2v) is 16.4. The fraction of sp³-hybridized carbons (Fsp3) is 0.667. The molecule has 0 aliphatic rings. The van der Waals surface area contributed by atoms with Crippen molar-refractivity contribution in [3.8, 4) is 0 Å². The van der Waals surface area contributed by atoms with E-state index in [2.05, 4.69) is 39.2 Å². The van der Waals surface area contributed by atoms with Crippen LogP contribution in [0.1, 0.15) is 53.2 Å². The molecule has 0 saturated carbocycles. The number of rotatable bonds is 8. The molecular weight excluding hydrogens is 422 g/mol. The Labute approximate surface area is 182 Å². The highest BCUT2D eigenvalue weighted by Crippen LogP contribution is 2.37. The van der Waals surface area contributed by atoms with Gasteiger partial charge in [0.05, 0.1) is 18.9 Å². The second kappa shape index (κ2) is 9.80. The third kappa shape index (κ3) is 9.16. The monoisotopic (exact) mass is 459 g/mol. The summed E-state index contributed by atoms with van der Waals surface area (Å²) in [6, 6.07) is 8.13. The van der Waals surface area contributed by atoms with Gasteiger partial charge in [-0.05, 0) is 44.5 Å². The summed E-state index contributed by atoms with van der Waals surface area (Å²) >= 11 is 0. The molecule has 2 atom stereocenters. The van der Waals surface area contributed by atoms with E-state index in [0.29, 0.717) is 5.56 Å². The maximum absolute atomic E-state index is 12.5. The van der Waals surface area contributed by atoms with E-state index in [0.717, 1.165) is 6.26 Å². The van der Waals surface area contributed by atoms with Gasteiger partial charge in [-0.1, -0.05) is 51.1 Å². The summed E-state index contributed by atoms with van der Waals surface area (Å²) in [5, 5.41) is 2.71. The molecule has 1 aromatic carbocycles. The van der Waals surface area contributed by atoms with Crippen LogP contribution in [0.4, 0.5) is 4.79 Å². The molecule has 0 unspecified atom stereocenters. The molecule has 0 aromatic heterocycles. The molecule has 0 bridgehead atoms. The van der Waals surface area contributed by atoms with Crippen molar-refractivity contribution in [2.75, 3.05) is 12.9 Å². The van der Waals surface area contributed by atoms with Gasteiger partial charge in [-0.3, -0.25) is 4.18 Å². The zero-order chi connectivity index (χ0) is 23.4. The van der Waals surface area contributed by atoms with Crippen LogP contribution >= 0.6 is 0 Å². The second-order valence-electron chi connectivity index (χ2n) is 9.96. The van der Waals surface area contributed by atoms with E-state index in [1.807, 2.05) is 6.07 Å². The molecule has 30 heavy (non-hydrogen) atoms. The zero-order valence-electron chi connectivity index (χ0n) is 19.6. The lowest BCUT2D eigenvalue weighted by molar-refractivity contribution is 0.0398. The molecule has 1 aromatic rings. The first kappa shape index (κ1) is 26.6.